The molecular weight excluding hydrogens is 408 g/mol. The fourth-order valence-corrected chi connectivity index (χ4v) is 2.47. The number of carbonyl (C=O) groups excluding carboxylic acids is 1. The maximum Gasteiger partial charge on any atom is 0.343 e. The zero-order valence-corrected chi connectivity index (χ0v) is 13.6. The maximum absolute atomic E-state index is 13.9. The smallest absolute Gasteiger partial charge is 0.343 e. The van der Waals surface area contributed by atoms with Crippen LogP contribution in [0.4, 0.5) is 13.2 Å². The van der Waals surface area contributed by atoms with E-state index in [4.69, 9.17) is 4.74 Å². The number of benzene rings is 2. The van der Waals surface area contributed by atoms with Gasteiger partial charge in [0.2, 0.25) is 5.82 Å². The number of halogens is 4. The molecule has 0 fully saturated rings. The van der Waals surface area contributed by atoms with Crippen molar-refractivity contribution in [1.82, 2.24) is 0 Å². The zero-order valence-electron chi connectivity index (χ0n) is 11.4. The van der Waals surface area contributed by atoms with E-state index < -0.39 is 34.7 Å². The minimum Gasteiger partial charge on any atom is -0.418 e. The Morgan fingerprint density at radius 1 is 1.14 bits per heavy atom. The van der Waals surface area contributed by atoms with E-state index in [9.17, 15) is 18.0 Å². The van der Waals surface area contributed by atoms with Gasteiger partial charge in [-0.05, 0) is 47.2 Å². The van der Waals surface area contributed by atoms with Crippen LogP contribution in [-0.4, -0.2) is 5.97 Å². The summed E-state index contributed by atoms with van der Waals surface area (Å²) in [4.78, 5) is 12.0. The topological polar surface area (TPSA) is 26.3 Å². The summed E-state index contributed by atoms with van der Waals surface area (Å²) in [5.74, 6) is -5.37. The Morgan fingerprint density at radius 2 is 1.73 bits per heavy atom. The molecule has 0 saturated heterocycles. The Hall–Kier alpha value is -1.83. The number of carbonyl (C=O) groups is 1. The van der Waals surface area contributed by atoms with E-state index in [1.165, 1.54) is 34.7 Å². The van der Waals surface area contributed by atoms with Gasteiger partial charge in [0, 0.05) is 5.56 Å². The molecule has 2 nitrogen and oxygen atoms in total. The van der Waals surface area contributed by atoms with Gasteiger partial charge in [0.05, 0.1) is 9.13 Å². The summed E-state index contributed by atoms with van der Waals surface area (Å²) in [5.41, 5.74) is 0.448. The molecule has 0 amide bonds. The van der Waals surface area contributed by atoms with Gasteiger partial charge in [0.1, 0.15) is 5.82 Å². The van der Waals surface area contributed by atoms with Crippen molar-refractivity contribution in [3.05, 3.63) is 68.6 Å². The van der Waals surface area contributed by atoms with Gasteiger partial charge in [-0.2, -0.15) is 4.39 Å². The van der Waals surface area contributed by atoms with E-state index in [2.05, 4.69) is 6.58 Å². The van der Waals surface area contributed by atoms with Crippen LogP contribution in [0.1, 0.15) is 21.5 Å². The Kier molecular flexibility index (Phi) is 4.90. The molecule has 0 aliphatic carbocycles. The molecule has 0 atom stereocenters. The molecule has 22 heavy (non-hydrogen) atoms. The van der Waals surface area contributed by atoms with Crippen molar-refractivity contribution in [2.75, 3.05) is 0 Å². The molecule has 114 valence electrons. The van der Waals surface area contributed by atoms with Gasteiger partial charge in [-0.15, -0.1) is 0 Å². The van der Waals surface area contributed by atoms with Crippen LogP contribution < -0.4 is 4.74 Å². The van der Waals surface area contributed by atoms with Gasteiger partial charge in [-0.1, -0.05) is 24.8 Å². The third-order valence-electron chi connectivity index (χ3n) is 3.02. The number of rotatable bonds is 3. The van der Waals surface area contributed by atoms with Crippen molar-refractivity contribution < 1.29 is 22.7 Å². The third-order valence-corrected chi connectivity index (χ3v) is 3.98. The summed E-state index contributed by atoms with van der Waals surface area (Å²) in [7, 11) is 0. The molecule has 0 bridgehead atoms. The average molecular weight is 418 g/mol. The summed E-state index contributed by atoms with van der Waals surface area (Å²) in [6.07, 6.45) is 1.59. The summed E-state index contributed by atoms with van der Waals surface area (Å²) in [6, 6.07) is 6.12. The van der Waals surface area contributed by atoms with Gasteiger partial charge < -0.3 is 4.74 Å². The highest BCUT2D eigenvalue weighted by Gasteiger charge is 2.24. The van der Waals surface area contributed by atoms with Crippen LogP contribution in [0, 0.1) is 27.9 Å². The first-order valence-corrected chi connectivity index (χ1v) is 7.22. The Labute approximate surface area is 138 Å². The van der Waals surface area contributed by atoms with Crippen LogP contribution in [0.5, 0.6) is 5.75 Å². The average Bonchev–Trinajstić information content (AvgIpc) is 2.55. The molecule has 0 N–H and O–H groups in total. The molecule has 0 heterocycles. The largest absolute Gasteiger partial charge is 0.418 e. The SMILES string of the molecule is C=Cc1ccc(C(=O)Oc2c(F)c(F)c(C)c(F)c2I)cc1. The van der Waals surface area contributed by atoms with E-state index >= 15 is 0 Å². The van der Waals surface area contributed by atoms with Gasteiger partial charge in [-0.25, -0.2) is 13.6 Å². The second kappa shape index (κ2) is 6.51. The van der Waals surface area contributed by atoms with Crippen LogP contribution in [0.2, 0.25) is 0 Å². The van der Waals surface area contributed by atoms with Gasteiger partial charge in [-0.3, -0.25) is 0 Å². The Balaban J connectivity index is 2.38. The van der Waals surface area contributed by atoms with Crippen molar-refractivity contribution in [1.29, 1.82) is 0 Å². The second-order valence-electron chi connectivity index (χ2n) is 4.43. The first-order valence-electron chi connectivity index (χ1n) is 6.14. The molecule has 0 unspecified atom stereocenters. The Bertz CT molecular complexity index is 726. The maximum atomic E-state index is 13.9. The normalized spacial score (nSPS) is 10.4. The van der Waals surface area contributed by atoms with Crippen LogP contribution >= 0.6 is 22.6 Å². The molecule has 2 aromatic rings. The van der Waals surface area contributed by atoms with Crippen LogP contribution in [0.15, 0.2) is 30.8 Å². The Morgan fingerprint density at radius 3 is 2.27 bits per heavy atom. The van der Waals surface area contributed by atoms with Crippen LogP contribution in [0.3, 0.4) is 0 Å². The van der Waals surface area contributed by atoms with Gasteiger partial charge in [0.25, 0.3) is 0 Å². The van der Waals surface area contributed by atoms with Gasteiger partial charge >= 0.3 is 5.97 Å². The van der Waals surface area contributed by atoms with Gasteiger partial charge in [0.15, 0.2) is 11.6 Å². The number of esters is 1. The predicted molar refractivity (Wildman–Crippen MR) is 85.3 cm³/mol. The minimum atomic E-state index is -1.39. The van der Waals surface area contributed by atoms with E-state index in [1.807, 2.05) is 0 Å². The molecule has 0 aliphatic rings. The quantitative estimate of drug-likeness (QED) is 0.308. The first-order chi connectivity index (χ1) is 10.4. The lowest BCUT2D eigenvalue weighted by atomic mass is 10.1. The molecule has 6 heteroatoms. The summed E-state index contributed by atoms with van der Waals surface area (Å²) in [5, 5.41) is 0. The molecular formula is C16H10F3IO2. The van der Waals surface area contributed by atoms with Crippen molar-refractivity contribution in [2.24, 2.45) is 0 Å². The lowest BCUT2D eigenvalue weighted by Crippen LogP contribution is -2.13. The van der Waals surface area contributed by atoms with E-state index in [0.717, 1.165) is 12.5 Å². The second-order valence-corrected chi connectivity index (χ2v) is 5.50. The third kappa shape index (κ3) is 3.01. The van der Waals surface area contributed by atoms with Crippen molar-refractivity contribution in [2.45, 2.75) is 6.92 Å². The van der Waals surface area contributed by atoms with Crippen molar-refractivity contribution >= 4 is 34.6 Å². The van der Waals surface area contributed by atoms with E-state index in [-0.39, 0.29) is 9.13 Å². The van der Waals surface area contributed by atoms with Crippen molar-refractivity contribution in [3.8, 4) is 5.75 Å². The summed E-state index contributed by atoms with van der Waals surface area (Å²) in [6.45, 7) is 4.68. The van der Waals surface area contributed by atoms with Crippen LogP contribution in [0.25, 0.3) is 6.08 Å². The van der Waals surface area contributed by atoms with Crippen molar-refractivity contribution in [3.63, 3.8) is 0 Å². The molecule has 0 aromatic heterocycles. The summed E-state index contributed by atoms with van der Waals surface area (Å²) < 4.78 is 45.7. The highest BCUT2D eigenvalue weighted by Crippen LogP contribution is 2.32. The molecule has 0 spiro atoms. The molecule has 0 saturated carbocycles. The lowest BCUT2D eigenvalue weighted by molar-refractivity contribution is 0.0724. The zero-order chi connectivity index (χ0) is 16.4. The molecule has 0 aliphatic heterocycles. The number of hydrogen-bond acceptors (Lipinski definition) is 2. The number of ether oxygens (including phenoxy) is 1. The van der Waals surface area contributed by atoms with Crippen LogP contribution in [-0.2, 0) is 0 Å². The van der Waals surface area contributed by atoms with E-state index in [1.54, 1.807) is 18.2 Å². The molecule has 2 rings (SSSR count). The predicted octanol–water partition coefficient (Wildman–Crippen LogP) is 4.88. The monoisotopic (exact) mass is 418 g/mol. The lowest BCUT2D eigenvalue weighted by Gasteiger charge is -2.11. The highest BCUT2D eigenvalue weighted by molar-refractivity contribution is 14.1. The number of hydrogen-bond donors (Lipinski definition) is 0. The standard InChI is InChI=1S/C16H10F3IO2/c1-3-9-4-6-10(7-5-9)16(21)22-15-13(19)11(17)8(2)12(18)14(15)20/h3-7H,1H2,2H3. The first kappa shape index (κ1) is 16.5. The minimum absolute atomic E-state index is 0.127. The molecule has 0 radical (unpaired) electrons. The molecule has 2 aromatic carbocycles. The fraction of sp³-hybridized carbons (Fsp3) is 0.0625. The fourth-order valence-electron chi connectivity index (χ4n) is 1.72. The highest BCUT2D eigenvalue weighted by atomic mass is 127. The summed E-state index contributed by atoms with van der Waals surface area (Å²) >= 11 is 1.46. The van der Waals surface area contributed by atoms with E-state index in [0.29, 0.717) is 0 Å².